The topological polar surface area (TPSA) is 40.5 Å². The lowest BCUT2D eigenvalue weighted by molar-refractivity contribution is -0.118. The molecule has 0 radical (unpaired) electrons. The number of hydrogen-bond donors (Lipinski definition) is 1. The number of nitrogens with zero attached hydrogens (tertiary/aromatic N) is 1. The highest BCUT2D eigenvalue weighted by Crippen LogP contribution is 2.15. The van der Waals surface area contributed by atoms with Crippen molar-refractivity contribution in [2.75, 3.05) is 13.1 Å². The Bertz CT molecular complexity index is 554. The number of carbonyl (C=O) groups excluding carboxylic acids is 1. The fourth-order valence-electron chi connectivity index (χ4n) is 2.37. The Balaban J connectivity index is 2.04. The Labute approximate surface area is 125 Å². The Morgan fingerprint density at radius 3 is 2.19 bits per heavy atom. The van der Waals surface area contributed by atoms with Crippen LogP contribution in [0.3, 0.4) is 0 Å². The second-order valence-electron chi connectivity index (χ2n) is 5.28. The summed E-state index contributed by atoms with van der Waals surface area (Å²) in [4.78, 5) is 13.4. The number of aliphatic hydroxyl groups excluding tert-OH is 1. The van der Waals surface area contributed by atoms with Crippen LogP contribution < -0.4 is 0 Å². The molecule has 1 unspecified atom stereocenters. The van der Waals surface area contributed by atoms with Crippen LogP contribution in [0.15, 0.2) is 60.7 Å². The van der Waals surface area contributed by atoms with Crippen LogP contribution in [0.4, 0.5) is 0 Å². The van der Waals surface area contributed by atoms with Crippen molar-refractivity contribution >= 4 is 5.78 Å². The number of aliphatic hydroxyl groups is 1. The van der Waals surface area contributed by atoms with Crippen molar-refractivity contribution in [3.05, 3.63) is 71.8 Å². The molecule has 0 bridgehead atoms. The van der Waals surface area contributed by atoms with Gasteiger partial charge in [-0.15, -0.1) is 0 Å². The number of carbonyl (C=O) groups is 1. The molecule has 0 spiro atoms. The molecule has 2 rings (SSSR count). The first kappa shape index (κ1) is 15.4. The van der Waals surface area contributed by atoms with Gasteiger partial charge >= 0.3 is 0 Å². The van der Waals surface area contributed by atoms with Crippen molar-refractivity contribution < 1.29 is 9.90 Å². The third-order valence-corrected chi connectivity index (χ3v) is 3.31. The smallest absolute Gasteiger partial charge is 0.143 e. The molecule has 0 aromatic heterocycles. The van der Waals surface area contributed by atoms with Gasteiger partial charge in [0, 0.05) is 13.1 Å². The summed E-state index contributed by atoms with van der Waals surface area (Å²) in [6.07, 6.45) is -0.589. The molecule has 0 aliphatic rings. The lowest BCUT2D eigenvalue weighted by Gasteiger charge is -2.24. The fourth-order valence-corrected chi connectivity index (χ4v) is 2.37. The highest BCUT2D eigenvalue weighted by molar-refractivity contribution is 5.77. The van der Waals surface area contributed by atoms with E-state index in [1.807, 2.05) is 65.6 Å². The van der Waals surface area contributed by atoms with Crippen molar-refractivity contribution in [2.24, 2.45) is 0 Å². The van der Waals surface area contributed by atoms with Crippen molar-refractivity contribution in [1.29, 1.82) is 0 Å². The zero-order valence-corrected chi connectivity index (χ0v) is 12.3. The number of hydrogen-bond acceptors (Lipinski definition) is 3. The molecule has 3 heteroatoms. The van der Waals surface area contributed by atoms with Crippen molar-refractivity contribution in [3.63, 3.8) is 0 Å². The average Bonchev–Trinajstić information content (AvgIpc) is 2.48. The number of ketones is 1. The summed E-state index contributed by atoms with van der Waals surface area (Å²) in [6, 6.07) is 19.5. The molecule has 0 fully saturated rings. The van der Waals surface area contributed by atoms with Gasteiger partial charge < -0.3 is 5.11 Å². The second-order valence-corrected chi connectivity index (χ2v) is 5.28. The van der Waals surface area contributed by atoms with Gasteiger partial charge in [-0.2, -0.15) is 0 Å². The van der Waals surface area contributed by atoms with E-state index in [4.69, 9.17) is 0 Å². The molecular formula is C18H21NO2. The van der Waals surface area contributed by atoms with E-state index in [1.54, 1.807) is 6.92 Å². The minimum atomic E-state index is -0.589. The lowest BCUT2D eigenvalue weighted by Crippen LogP contribution is -2.32. The molecule has 0 saturated heterocycles. The standard InChI is InChI=1S/C18H21NO2/c1-15(20)12-19(13-16-8-4-2-5-9-16)14-18(21)17-10-6-3-7-11-17/h2-11,18,21H,12-14H2,1H3. The predicted octanol–water partition coefficient (Wildman–Crippen LogP) is 2.81. The molecule has 21 heavy (non-hydrogen) atoms. The van der Waals surface area contributed by atoms with Gasteiger partial charge in [0.1, 0.15) is 5.78 Å². The Hall–Kier alpha value is -1.97. The SMILES string of the molecule is CC(=O)CN(Cc1ccccc1)CC(O)c1ccccc1. The maximum absolute atomic E-state index is 11.4. The number of rotatable bonds is 7. The molecule has 0 amide bonds. The largest absolute Gasteiger partial charge is 0.387 e. The lowest BCUT2D eigenvalue weighted by atomic mass is 10.1. The van der Waals surface area contributed by atoms with E-state index >= 15 is 0 Å². The van der Waals surface area contributed by atoms with Gasteiger partial charge in [0.25, 0.3) is 0 Å². The summed E-state index contributed by atoms with van der Waals surface area (Å²) in [7, 11) is 0. The first-order valence-electron chi connectivity index (χ1n) is 7.14. The normalized spacial score (nSPS) is 12.3. The summed E-state index contributed by atoms with van der Waals surface area (Å²) in [5.74, 6) is 0.103. The zero-order chi connectivity index (χ0) is 15.1. The molecule has 1 N–H and O–H groups in total. The van der Waals surface area contributed by atoms with Crippen LogP contribution in [0, 0.1) is 0 Å². The van der Waals surface area contributed by atoms with E-state index in [0.717, 1.165) is 11.1 Å². The van der Waals surface area contributed by atoms with Crippen LogP contribution in [0.25, 0.3) is 0 Å². The Morgan fingerprint density at radius 1 is 1.05 bits per heavy atom. The number of Topliss-reactive ketones (excluding diaryl/α,β-unsaturated/α-hetero) is 1. The monoisotopic (exact) mass is 283 g/mol. The van der Waals surface area contributed by atoms with E-state index in [-0.39, 0.29) is 5.78 Å². The van der Waals surface area contributed by atoms with Crippen LogP contribution in [0.1, 0.15) is 24.2 Å². The minimum Gasteiger partial charge on any atom is -0.387 e. The van der Waals surface area contributed by atoms with E-state index < -0.39 is 6.10 Å². The minimum absolute atomic E-state index is 0.103. The molecule has 0 heterocycles. The summed E-state index contributed by atoms with van der Waals surface area (Å²) in [5.41, 5.74) is 2.01. The van der Waals surface area contributed by atoms with Crippen molar-refractivity contribution in [2.45, 2.75) is 19.6 Å². The molecule has 3 nitrogen and oxygen atoms in total. The van der Waals surface area contributed by atoms with E-state index in [1.165, 1.54) is 0 Å². The number of benzene rings is 2. The molecule has 0 saturated carbocycles. The molecule has 1 atom stereocenters. The highest BCUT2D eigenvalue weighted by Gasteiger charge is 2.15. The van der Waals surface area contributed by atoms with Crippen LogP contribution in [0.2, 0.25) is 0 Å². The molecule has 2 aromatic carbocycles. The van der Waals surface area contributed by atoms with Crippen molar-refractivity contribution in [3.8, 4) is 0 Å². The van der Waals surface area contributed by atoms with Crippen LogP contribution in [-0.2, 0) is 11.3 Å². The van der Waals surface area contributed by atoms with Gasteiger partial charge in [0.2, 0.25) is 0 Å². The predicted molar refractivity (Wildman–Crippen MR) is 83.8 cm³/mol. The zero-order valence-electron chi connectivity index (χ0n) is 12.3. The maximum Gasteiger partial charge on any atom is 0.143 e. The Morgan fingerprint density at radius 2 is 1.62 bits per heavy atom. The summed E-state index contributed by atoms with van der Waals surface area (Å²) in [5, 5.41) is 10.3. The average molecular weight is 283 g/mol. The summed E-state index contributed by atoms with van der Waals surface area (Å²) in [6.45, 7) is 3.02. The van der Waals surface area contributed by atoms with Crippen LogP contribution in [-0.4, -0.2) is 28.9 Å². The third-order valence-electron chi connectivity index (χ3n) is 3.31. The van der Waals surface area contributed by atoms with Crippen LogP contribution >= 0.6 is 0 Å². The van der Waals surface area contributed by atoms with Gasteiger partial charge in [-0.3, -0.25) is 9.69 Å². The van der Waals surface area contributed by atoms with Gasteiger partial charge in [-0.25, -0.2) is 0 Å². The van der Waals surface area contributed by atoms with Crippen LogP contribution in [0.5, 0.6) is 0 Å². The first-order chi connectivity index (χ1) is 10.1. The Kier molecular flexibility index (Phi) is 5.67. The first-order valence-corrected chi connectivity index (χ1v) is 7.14. The van der Waals surface area contributed by atoms with Gasteiger partial charge in [0.05, 0.1) is 12.6 Å². The van der Waals surface area contributed by atoms with Crippen molar-refractivity contribution in [1.82, 2.24) is 4.90 Å². The highest BCUT2D eigenvalue weighted by atomic mass is 16.3. The van der Waals surface area contributed by atoms with E-state index in [2.05, 4.69) is 0 Å². The third kappa shape index (κ3) is 5.14. The van der Waals surface area contributed by atoms with Gasteiger partial charge in [0.15, 0.2) is 0 Å². The fraction of sp³-hybridized carbons (Fsp3) is 0.278. The summed E-state index contributed by atoms with van der Waals surface area (Å²) >= 11 is 0. The molecule has 110 valence electrons. The maximum atomic E-state index is 11.4. The van der Waals surface area contributed by atoms with E-state index in [0.29, 0.717) is 19.6 Å². The molecule has 0 aliphatic heterocycles. The summed E-state index contributed by atoms with van der Waals surface area (Å²) < 4.78 is 0. The van der Waals surface area contributed by atoms with E-state index in [9.17, 15) is 9.90 Å². The van der Waals surface area contributed by atoms with Gasteiger partial charge in [-0.05, 0) is 18.1 Å². The molecule has 0 aliphatic carbocycles. The quantitative estimate of drug-likeness (QED) is 0.849. The molecular weight excluding hydrogens is 262 g/mol. The molecule has 2 aromatic rings. The van der Waals surface area contributed by atoms with Gasteiger partial charge in [-0.1, -0.05) is 60.7 Å². The second kappa shape index (κ2) is 7.72.